The van der Waals surface area contributed by atoms with E-state index < -0.39 is 8.37 Å². The molecule has 0 aromatic rings. The van der Waals surface area contributed by atoms with E-state index in [4.69, 9.17) is 0 Å². The van der Waals surface area contributed by atoms with E-state index in [1.54, 1.807) is 0 Å². The topological polar surface area (TPSA) is 9.72 Å². The summed E-state index contributed by atoms with van der Waals surface area (Å²) in [5, 5.41) is 0. The molecule has 16 heavy (non-hydrogen) atoms. The van der Waals surface area contributed by atoms with Crippen LogP contribution in [0.3, 0.4) is 0 Å². The zero-order valence-corrected chi connectivity index (χ0v) is 11.6. The molecule has 0 radical (unpaired) electrons. The molecule has 0 atom stereocenters. The van der Waals surface area contributed by atoms with Crippen molar-refractivity contribution in [1.82, 2.24) is 14.0 Å². The third-order valence-corrected chi connectivity index (χ3v) is 7.91. The van der Waals surface area contributed by atoms with Crippen LogP contribution in [0, 0.1) is 0 Å². The first-order valence-electron chi connectivity index (χ1n) is 7.17. The predicted molar refractivity (Wildman–Crippen MR) is 72.1 cm³/mol. The molecule has 3 rings (SSSR count). The fourth-order valence-corrected chi connectivity index (χ4v) is 7.48. The summed E-state index contributed by atoms with van der Waals surface area (Å²) < 4.78 is 8.62. The number of rotatable bonds is 3. The van der Waals surface area contributed by atoms with Gasteiger partial charge in [0.25, 0.3) is 0 Å². The molecular formula is C12H26N3P. The van der Waals surface area contributed by atoms with Gasteiger partial charge in [0.05, 0.1) is 0 Å². The molecule has 0 amide bonds. The van der Waals surface area contributed by atoms with Gasteiger partial charge >= 0.3 is 100 Å². The Morgan fingerprint density at radius 3 is 0.938 bits per heavy atom. The Morgan fingerprint density at radius 1 is 0.438 bits per heavy atom. The Labute approximate surface area is 101 Å². The molecule has 0 unspecified atom stereocenters. The van der Waals surface area contributed by atoms with Gasteiger partial charge in [-0.15, -0.1) is 0 Å². The predicted octanol–water partition coefficient (Wildman–Crippen LogP) is 1.97. The summed E-state index contributed by atoms with van der Waals surface area (Å²) in [6.45, 7) is 8.36. The molecule has 3 aliphatic rings. The normalized spacial score (nSPS) is 30.4. The Bertz CT molecular complexity index is 180. The van der Waals surface area contributed by atoms with Crippen LogP contribution < -0.4 is 0 Å². The standard InChI is InChI=1S/C12H26N3P/c1-2-8-13(7-1)16(14-9-3-4-10-14)15-11-5-6-12-15/h1-12,16H2. The van der Waals surface area contributed by atoms with Crippen LogP contribution in [0.25, 0.3) is 0 Å². The Morgan fingerprint density at radius 2 is 0.688 bits per heavy atom. The van der Waals surface area contributed by atoms with Gasteiger partial charge in [-0.3, -0.25) is 0 Å². The van der Waals surface area contributed by atoms with Crippen molar-refractivity contribution in [3.8, 4) is 0 Å². The quantitative estimate of drug-likeness (QED) is 0.702. The summed E-state index contributed by atoms with van der Waals surface area (Å²) >= 11 is 0. The molecule has 3 nitrogen and oxygen atoms in total. The van der Waals surface area contributed by atoms with Gasteiger partial charge in [-0.2, -0.15) is 0 Å². The molecule has 3 fully saturated rings. The van der Waals surface area contributed by atoms with E-state index in [-0.39, 0.29) is 0 Å². The SMILES string of the molecule is C1CCN([PH2](N2CCCC2)N2CCCC2)C1. The number of nitrogens with zero attached hydrogens (tertiary/aromatic N) is 3. The van der Waals surface area contributed by atoms with E-state index >= 15 is 0 Å². The van der Waals surface area contributed by atoms with Crippen LogP contribution in [-0.4, -0.2) is 53.3 Å². The average molecular weight is 243 g/mol. The van der Waals surface area contributed by atoms with E-state index in [0.29, 0.717) is 0 Å². The molecule has 0 aromatic carbocycles. The maximum absolute atomic E-state index is 2.87. The van der Waals surface area contributed by atoms with Gasteiger partial charge < -0.3 is 0 Å². The summed E-state index contributed by atoms with van der Waals surface area (Å²) in [6.07, 6.45) is 8.70. The van der Waals surface area contributed by atoms with Crippen molar-refractivity contribution < 1.29 is 0 Å². The molecule has 3 saturated heterocycles. The molecule has 0 aromatic heterocycles. The van der Waals surface area contributed by atoms with Gasteiger partial charge in [-0.05, 0) is 0 Å². The number of hydrogen-bond acceptors (Lipinski definition) is 3. The van der Waals surface area contributed by atoms with Crippen LogP contribution in [0.4, 0.5) is 0 Å². The van der Waals surface area contributed by atoms with E-state index in [2.05, 4.69) is 14.0 Å². The van der Waals surface area contributed by atoms with Gasteiger partial charge in [-0.25, -0.2) is 0 Å². The molecule has 3 heterocycles. The van der Waals surface area contributed by atoms with Crippen molar-refractivity contribution in [2.45, 2.75) is 38.5 Å². The third kappa shape index (κ3) is 2.28. The van der Waals surface area contributed by atoms with Crippen LogP contribution in [0.15, 0.2) is 0 Å². The fraction of sp³-hybridized carbons (Fsp3) is 1.00. The zero-order chi connectivity index (χ0) is 10.8. The monoisotopic (exact) mass is 243 g/mol. The molecule has 3 aliphatic heterocycles. The molecule has 0 N–H and O–H groups in total. The van der Waals surface area contributed by atoms with Crippen molar-refractivity contribution >= 4 is 8.37 Å². The molecule has 94 valence electrons. The molecule has 0 bridgehead atoms. The summed E-state index contributed by atoms with van der Waals surface area (Å²) in [6, 6.07) is 0. The van der Waals surface area contributed by atoms with Crippen LogP contribution in [0.2, 0.25) is 0 Å². The maximum atomic E-state index is 2.87. The van der Waals surface area contributed by atoms with Crippen molar-refractivity contribution in [1.29, 1.82) is 0 Å². The van der Waals surface area contributed by atoms with Crippen LogP contribution in [-0.2, 0) is 0 Å². The summed E-state index contributed by atoms with van der Waals surface area (Å²) in [7, 11) is -0.891. The van der Waals surface area contributed by atoms with Gasteiger partial charge in [-0.1, -0.05) is 0 Å². The summed E-state index contributed by atoms with van der Waals surface area (Å²) in [5.74, 6) is 0. The fourth-order valence-electron chi connectivity index (χ4n) is 3.61. The van der Waals surface area contributed by atoms with E-state index in [1.807, 2.05) is 0 Å². The van der Waals surface area contributed by atoms with Crippen molar-refractivity contribution in [2.24, 2.45) is 0 Å². The van der Waals surface area contributed by atoms with Crippen LogP contribution in [0.5, 0.6) is 0 Å². The summed E-state index contributed by atoms with van der Waals surface area (Å²) in [4.78, 5) is 0. The molecule has 0 saturated carbocycles. The first-order chi connectivity index (χ1) is 7.95. The van der Waals surface area contributed by atoms with Crippen molar-refractivity contribution in [3.63, 3.8) is 0 Å². The van der Waals surface area contributed by atoms with Gasteiger partial charge in [0, 0.05) is 0 Å². The minimum atomic E-state index is -0.891. The second-order valence-electron chi connectivity index (χ2n) is 5.58. The van der Waals surface area contributed by atoms with Gasteiger partial charge in [0.2, 0.25) is 0 Å². The van der Waals surface area contributed by atoms with Gasteiger partial charge in [0.15, 0.2) is 0 Å². The second-order valence-corrected chi connectivity index (χ2v) is 8.46. The van der Waals surface area contributed by atoms with E-state index in [0.717, 1.165) is 0 Å². The Hall–Kier alpha value is 0.310. The first kappa shape index (κ1) is 11.4. The average Bonchev–Trinajstić information content (AvgIpc) is 3.02. The first-order valence-corrected chi connectivity index (χ1v) is 8.72. The Balaban J connectivity index is 1.70. The second kappa shape index (κ2) is 5.30. The molecule has 0 aliphatic carbocycles. The van der Waals surface area contributed by atoms with Gasteiger partial charge in [0.1, 0.15) is 0 Å². The third-order valence-electron chi connectivity index (χ3n) is 4.40. The Kier molecular flexibility index (Phi) is 3.78. The zero-order valence-electron chi connectivity index (χ0n) is 10.4. The van der Waals surface area contributed by atoms with Crippen molar-refractivity contribution in [3.05, 3.63) is 0 Å². The van der Waals surface area contributed by atoms with Crippen molar-refractivity contribution in [2.75, 3.05) is 39.3 Å². The minimum absolute atomic E-state index is 0.891. The summed E-state index contributed by atoms with van der Waals surface area (Å²) in [5.41, 5.74) is 0. The molecule has 0 spiro atoms. The van der Waals surface area contributed by atoms with E-state index in [9.17, 15) is 0 Å². The molecular weight excluding hydrogens is 217 g/mol. The number of hydrogen-bond donors (Lipinski definition) is 0. The van der Waals surface area contributed by atoms with Crippen LogP contribution >= 0.6 is 8.37 Å². The van der Waals surface area contributed by atoms with E-state index in [1.165, 1.54) is 77.8 Å². The molecule has 4 heteroatoms. The van der Waals surface area contributed by atoms with Crippen LogP contribution in [0.1, 0.15) is 38.5 Å².